The first-order valence-electron chi connectivity index (χ1n) is 7.25. The molecule has 0 unspecified atom stereocenters. The normalized spacial score (nSPS) is 16.8. The van der Waals surface area contributed by atoms with Crippen molar-refractivity contribution in [2.45, 2.75) is 20.0 Å². The maximum absolute atomic E-state index is 13.1. The van der Waals surface area contributed by atoms with Crippen molar-refractivity contribution >= 4 is 5.57 Å². The number of benzene rings is 1. The highest BCUT2D eigenvalue weighted by molar-refractivity contribution is 5.82. The van der Waals surface area contributed by atoms with Gasteiger partial charge in [-0.15, -0.1) is 0 Å². The largest absolute Gasteiger partial charge is 0.492 e. The second kappa shape index (κ2) is 5.41. The Balaban J connectivity index is 2.22. The summed E-state index contributed by atoms with van der Waals surface area (Å²) < 4.78 is 44.9. The van der Waals surface area contributed by atoms with Gasteiger partial charge in [0.05, 0.1) is 17.9 Å². The summed E-state index contributed by atoms with van der Waals surface area (Å²) >= 11 is 0. The van der Waals surface area contributed by atoms with Crippen molar-refractivity contribution in [3.8, 4) is 5.75 Å². The van der Waals surface area contributed by atoms with Gasteiger partial charge in [-0.05, 0) is 30.3 Å². The molecule has 5 heteroatoms. The van der Waals surface area contributed by atoms with Crippen molar-refractivity contribution in [3.05, 3.63) is 65.5 Å². The molecule has 0 fully saturated rings. The molecule has 2 aromatic rings. The van der Waals surface area contributed by atoms with Gasteiger partial charge in [0.25, 0.3) is 0 Å². The number of fused-ring (bicyclic) bond motifs is 1. The summed E-state index contributed by atoms with van der Waals surface area (Å²) in [5.41, 5.74) is 0.705. The third kappa shape index (κ3) is 3.23. The van der Waals surface area contributed by atoms with Gasteiger partial charge in [0.15, 0.2) is 0 Å². The zero-order valence-corrected chi connectivity index (χ0v) is 12.8. The molecule has 0 saturated heterocycles. The number of hydrogen-bond donors (Lipinski definition) is 0. The van der Waals surface area contributed by atoms with Crippen molar-refractivity contribution < 1.29 is 17.9 Å². The number of halogens is 3. The Morgan fingerprint density at radius 1 is 1.13 bits per heavy atom. The minimum absolute atomic E-state index is 0.315. The zero-order chi connectivity index (χ0) is 16.7. The number of nitrogens with zero attached hydrogens (tertiary/aromatic N) is 1. The van der Waals surface area contributed by atoms with E-state index in [2.05, 4.69) is 4.98 Å². The molecule has 0 bridgehead atoms. The van der Waals surface area contributed by atoms with Gasteiger partial charge in [-0.3, -0.25) is 4.98 Å². The van der Waals surface area contributed by atoms with E-state index in [0.717, 1.165) is 12.1 Å². The minimum atomic E-state index is -4.40. The summed E-state index contributed by atoms with van der Waals surface area (Å²) in [4.78, 5) is 4.30. The van der Waals surface area contributed by atoms with E-state index >= 15 is 0 Å². The molecular weight excluding hydrogens is 303 g/mol. The Labute approximate surface area is 132 Å². The van der Waals surface area contributed by atoms with Gasteiger partial charge in [0.2, 0.25) is 0 Å². The standard InChI is InChI=1S/C18H16F3NO/c1-17(2)10-14(15-5-3-4-8-22-15)13-9-12(18(19,20)21)6-7-16(13)23-11-17/h3-10H,11H2,1-2H3. The van der Waals surface area contributed by atoms with E-state index in [0.29, 0.717) is 29.2 Å². The minimum Gasteiger partial charge on any atom is -0.492 e. The Morgan fingerprint density at radius 2 is 1.91 bits per heavy atom. The number of rotatable bonds is 1. The molecule has 3 rings (SSSR count). The third-order valence-corrected chi connectivity index (χ3v) is 3.67. The number of alkyl halides is 3. The van der Waals surface area contributed by atoms with Crippen LogP contribution in [0.4, 0.5) is 13.2 Å². The molecular formula is C18H16F3NO. The number of ether oxygens (including phenoxy) is 1. The van der Waals surface area contributed by atoms with Gasteiger partial charge in [0, 0.05) is 22.7 Å². The average molecular weight is 319 g/mol. The van der Waals surface area contributed by atoms with Crippen LogP contribution in [0.2, 0.25) is 0 Å². The first-order chi connectivity index (χ1) is 10.8. The van der Waals surface area contributed by atoms with Gasteiger partial charge in [-0.1, -0.05) is 26.0 Å². The van der Waals surface area contributed by atoms with Crippen molar-refractivity contribution in [1.82, 2.24) is 4.98 Å². The number of aromatic nitrogens is 1. The first kappa shape index (κ1) is 15.6. The molecule has 120 valence electrons. The maximum Gasteiger partial charge on any atom is 0.416 e. The second-order valence-electron chi connectivity index (χ2n) is 6.26. The van der Waals surface area contributed by atoms with E-state index < -0.39 is 11.7 Å². The summed E-state index contributed by atoms with van der Waals surface area (Å²) in [5, 5.41) is 0. The lowest BCUT2D eigenvalue weighted by Gasteiger charge is -2.18. The molecule has 0 amide bonds. The lowest BCUT2D eigenvalue weighted by Crippen LogP contribution is -2.17. The van der Waals surface area contributed by atoms with E-state index in [4.69, 9.17) is 4.74 Å². The summed E-state index contributed by atoms with van der Waals surface area (Å²) in [7, 11) is 0. The number of pyridine rings is 1. The average Bonchev–Trinajstić information content (AvgIpc) is 2.63. The SMILES string of the molecule is CC1(C)C=C(c2ccccn2)c2cc(C(F)(F)F)ccc2OC1. The molecule has 1 aromatic carbocycles. The molecule has 1 aromatic heterocycles. The molecule has 0 radical (unpaired) electrons. The molecule has 1 aliphatic rings. The van der Waals surface area contributed by atoms with Crippen LogP contribution in [0.1, 0.15) is 30.7 Å². The predicted octanol–water partition coefficient (Wildman–Crippen LogP) is 4.95. The van der Waals surface area contributed by atoms with Crippen LogP contribution in [0.3, 0.4) is 0 Å². The summed E-state index contributed by atoms with van der Waals surface area (Å²) in [6, 6.07) is 8.95. The highest BCUT2D eigenvalue weighted by Gasteiger charge is 2.33. The van der Waals surface area contributed by atoms with Crippen LogP contribution in [0.15, 0.2) is 48.7 Å². The Kier molecular flexibility index (Phi) is 3.66. The maximum atomic E-state index is 13.1. The fourth-order valence-electron chi connectivity index (χ4n) is 2.55. The van der Waals surface area contributed by atoms with Gasteiger partial charge in [-0.25, -0.2) is 0 Å². The highest BCUT2D eigenvalue weighted by atomic mass is 19.4. The van der Waals surface area contributed by atoms with Crippen molar-refractivity contribution in [2.24, 2.45) is 5.41 Å². The number of hydrogen-bond acceptors (Lipinski definition) is 2. The van der Waals surface area contributed by atoms with E-state index in [1.807, 2.05) is 26.0 Å². The lowest BCUT2D eigenvalue weighted by molar-refractivity contribution is -0.137. The van der Waals surface area contributed by atoms with E-state index in [1.165, 1.54) is 6.07 Å². The lowest BCUT2D eigenvalue weighted by atomic mass is 9.89. The topological polar surface area (TPSA) is 22.1 Å². The summed E-state index contributed by atoms with van der Waals surface area (Å²) in [5.74, 6) is 0.445. The molecule has 0 atom stereocenters. The summed E-state index contributed by atoms with van der Waals surface area (Å²) in [6.07, 6.45) is -0.838. The van der Waals surface area contributed by atoms with E-state index in [9.17, 15) is 13.2 Å². The van der Waals surface area contributed by atoms with Crippen molar-refractivity contribution in [2.75, 3.05) is 6.61 Å². The fourth-order valence-corrected chi connectivity index (χ4v) is 2.55. The second-order valence-corrected chi connectivity index (χ2v) is 6.26. The predicted molar refractivity (Wildman–Crippen MR) is 82.0 cm³/mol. The monoisotopic (exact) mass is 319 g/mol. The fraction of sp³-hybridized carbons (Fsp3) is 0.278. The molecule has 23 heavy (non-hydrogen) atoms. The van der Waals surface area contributed by atoms with Crippen LogP contribution in [-0.4, -0.2) is 11.6 Å². The molecule has 2 heterocycles. The third-order valence-electron chi connectivity index (χ3n) is 3.67. The van der Waals surface area contributed by atoms with Crippen molar-refractivity contribution in [3.63, 3.8) is 0 Å². The van der Waals surface area contributed by atoms with Crippen LogP contribution in [0.5, 0.6) is 5.75 Å². The van der Waals surface area contributed by atoms with Crippen LogP contribution >= 0.6 is 0 Å². The zero-order valence-electron chi connectivity index (χ0n) is 12.8. The van der Waals surface area contributed by atoms with Gasteiger partial charge in [-0.2, -0.15) is 13.2 Å². The van der Waals surface area contributed by atoms with Gasteiger partial charge < -0.3 is 4.74 Å². The molecule has 0 aliphatic carbocycles. The van der Waals surface area contributed by atoms with E-state index in [1.54, 1.807) is 18.3 Å². The highest BCUT2D eigenvalue weighted by Crippen LogP contribution is 2.41. The Hall–Kier alpha value is -2.30. The van der Waals surface area contributed by atoms with Gasteiger partial charge in [0.1, 0.15) is 5.75 Å². The molecule has 1 aliphatic heterocycles. The van der Waals surface area contributed by atoms with Crippen LogP contribution in [-0.2, 0) is 6.18 Å². The molecule has 0 N–H and O–H groups in total. The Bertz CT molecular complexity index is 749. The smallest absolute Gasteiger partial charge is 0.416 e. The van der Waals surface area contributed by atoms with Crippen LogP contribution in [0, 0.1) is 5.41 Å². The first-order valence-corrected chi connectivity index (χ1v) is 7.25. The molecule has 0 saturated carbocycles. The van der Waals surface area contributed by atoms with Crippen LogP contribution in [0.25, 0.3) is 5.57 Å². The molecule has 2 nitrogen and oxygen atoms in total. The Morgan fingerprint density at radius 3 is 2.57 bits per heavy atom. The van der Waals surface area contributed by atoms with Gasteiger partial charge >= 0.3 is 6.18 Å². The van der Waals surface area contributed by atoms with Crippen LogP contribution < -0.4 is 4.74 Å². The summed E-state index contributed by atoms with van der Waals surface area (Å²) in [6.45, 7) is 4.35. The van der Waals surface area contributed by atoms with E-state index in [-0.39, 0.29) is 5.41 Å². The van der Waals surface area contributed by atoms with Crippen molar-refractivity contribution in [1.29, 1.82) is 0 Å². The molecule has 0 spiro atoms. The quantitative estimate of drug-likeness (QED) is 0.742.